The van der Waals surface area contributed by atoms with Crippen molar-refractivity contribution in [1.82, 2.24) is 4.57 Å². The van der Waals surface area contributed by atoms with Crippen molar-refractivity contribution >= 4 is 22.5 Å². The lowest BCUT2D eigenvalue weighted by atomic mass is 10.0. The number of anilines is 1. The molecule has 2 aromatic carbocycles. The largest absolute Gasteiger partial charge is 0.338 e. The molecule has 1 amide bonds. The van der Waals surface area contributed by atoms with Crippen LogP contribution in [-0.4, -0.2) is 10.5 Å². The summed E-state index contributed by atoms with van der Waals surface area (Å²) in [5, 5.41) is 4.16. The van der Waals surface area contributed by atoms with Crippen molar-refractivity contribution in [2.75, 3.05) is 5.32 Å². The smallest absolute Gasteiger partial charge is 0.244 e. The molecule has 124 valence electrons. The van der Waals surface area contributed by atoms with E-state index in [9.17, 15) is 4.79 Å². The number of benzene rings is 2. The van der Waals surface area contributed by atoms with Crippen LogP contribution in [0.4, 0.5) is 5.69 Å². The molecule has 24 heavy (non-hydrogen) atoms. The van der Waals surface area contributed by atoms with Gasteiger partial charge in [0.05, 0.1) is 0 Å². The molecule has 3 heteroatoms. The Bertz CT molecular complexity index is 890. The van der Waals surface area contributed by atoms with Crippen molar-refractivity contribution in [3.05, 3.63) is 65.4 Å². The fourth-order valence-electron chi connectivity index (χ4n) is 2.89. The number of carbonyl (C=O) groups excluding carboxylic acids is 1. The van der Waals surface area contributed by atoms with E-state index in [-0.39, 0.29) is 5.91 Å². The molecule has 0 bridgehead atoms. The summed E-state index contributed by atoms with van der Waals surface area (Å²) >= 11 is 0. The summed E-state index contributed by atoms with van der Waals surface area (Å²) in [5.41, 5.74) is 5.67. The van der Waals surface area contributed by atoms with Gasteiger partial charge in [0.15, 0.2) is 0 Å². The third-order valence-electron chi connectivity index (χ3n) is 4.57. The van der Waals surface area contributed by atoms with Gasteiger partial charge in [-0.05, 0) is 72.2 Å². The second-order valence-corrected chi connectivity index (χ2v) is 6.76. The number of hydrogen-bond donors (Lipinski definition) is 1. The number of carbonyl (C=O) groups is 1. The molecular weight excluding hydrogens is 296 g/mol. The highest BCUT2D eigenvalue weighted by Gasteiger charge is 2.09. The Labute approximate surface area is 143 Å². The van der Waals surface area contributed by atoms with Gasteiger partial charge in [-0.15, -0.1) is 0 Å². The Kier molecular flexibility index (Phi) is 4.43. The molecule has 0 unspecified atom stereocenters. The van der Waals surface area contributed by atoms with Crippen LogP contribution in [0.15, 0.2) is 48.7 Å². The number of rotatable bonds is 4. The first-order valence-corrected chi connectivity index (χ1v) is 8.40. The molecule has 3 rings (SSSR count). The topological polar surface area (TPSA) is 34.0 Å². The van der Waals surface area contributed by atoms with Gasteiger partial charge < -0.3 is 9.88 Å². The van der Waals surface area contributed by atoms with Gasteiger partial charge in [0.1, 0.15) is 6.54 Å². The summed E-state index contributed by atoms with van der Waals surface area (Å²) in [7, 11) is 0. The van der Waals surface area contributed by atoms with Crippen LogP contribution < -0.4 is 5.32 Å². The number of hydrogen-bond acceptors (Lipinski definition) is 1. The minimum Gasteiger partial charge on any atom is -0.338 e. The molecule has 0 aliphatic rings. The van der Waals surface area contributed by atoms with Crippen molar-refractivity contribution in [2.24, 2.45) is 0 Å². The predicted molar refractivity (Wildman–Crippen MR) is 101 cm³/mol. The van der Waals surface area contributed by atoms with Crippen LogP contribution in [0.1, 0.15) is 36.5 Å². The zero-order valence-corrected chi connectivity index (χ0v) is 14.8. The first-order valence-electron chi connectivity index (χ1n) is 8.40. The van der Waals surface area contributed by atoms with Gasteiger partial charge in [-0.25, -0.2) is 0 Å². The monoisotopic (exact) mass is 320 g/mol. The number of aryl methyl sites for hydroxylation is 2. The van der Waals surface area contributed by atoms with Crippen LogP contribution in [0.2, 0.25) is 0 Å². The maximum atomic E-state index is 12.4. The van der Waals surface area contributed by atoms with E-state index in [0.717, 1.165) is 11.2 Å². The third-order valence-corrected chi connectivity index (χ3v) is 4.57. The Hall–Kier alpha value is -2.55. The Morgan fingerprint density at radius 1 is 1.04 bits per heavy atom. The van der Waals surface area contributed by atoms with Crippen molar-refractivity contribution < 1.29 is 4.79 Å². The second kappa shape index (κ2) is 6.52. The summed E-state index contributed by atoms with van der Waals surface area (Å²) in [5.74, 6) is 0.495. The maximum absolute atomic E-state index is 12.4. The van der Waals surface area contributed by atoms with Crippen molar-refractivity contribution in [2.45, 2.75) is 40.2 Å². The lowest BCUT2D eigenvalue weighted by Gasteiger charge is -2.10. The molecule has 0 atom stereocenters. The van der Waals surface area contributed by atoms with Crippen LogP contribution in [0.25, 0.3) is 10.9 Å². The van der Waals surface area contributed by atoms with Crippen LogP contribution in [0.5, 0.6) is 0 Å². The van der Waals surface area contributed by atoms with Crippen LogP contribution in [0, 0.1) is 13.8 Å². The fraction of sp³-hybridized carbons (Fsp3) is 0.286. The molecular formula is C21H24N2O. The zero-order valence-electron chi connectivity index (χ0n) is 14.8. The SMILES string of the molecule is Cc1ccc(NC(=O)Cn2ccc3cc(C(C)C)ccc32)cc1C. The number of fused-ring (bicyclic) bond motifs is 1. The highest BCUT2D eigenvalue weighted by Crippen LogP contribution is 2.22. The Morgan fingerprint density at radius 3 is 2.54 bits per heavy atom. The molecule has 1 heterocycles. The normalized spacial score (nSPS) is 11.2. The molecule has 3 nitrogen and oxygen atoms in total. The van der Waals surface area contributed by atoms with Gasteiger partial charge in [0.25, 0.3) is 0 Å². The Morgan fingerprint density at radius 2 is 1.83 bits per heavy atom. The number of amides is 1. The molecule has 1 N–H and O–H groups in total. The molecule has 0 radical (unpaired) electrons. The molecule has 0 aliphatic heterocycles. The fourth-order valence-corrected chi connectivity index (χ4v) is 2.89. The van der Waals surface area contributed by atoms with E-state index in [1.54, 1.807) is 0 Å². The lowest BCUT2D eigenvalue weighted by molar-refractivity contribution is -0.116. The van der Waals surface area contributed by atoms with Crippen LogP contribution >= 0.6 is 0 Å². The number of nitrogens with one attached hydrogen (secondary N) is 1. The summed E-state index contributed by atoms with van der Waals surface area (Å²) < 4.78 is 2.00. The quantitative estimate of drug-likeness (QED) is 0.719. The second-order valence-electron chi connectivity index (χ2n) is 6.76. The minimum absolute atomic E-state index is 0.0105. The van der Waals surface area contributed by atoms with E-state index in [1.165, 1.54) is 22.1 Å². The molecule has 1 aromatic heterocycles. The standard InChI is InChI=1S/C21H24N2O/c1-14(2)17-6-8-20-18(12-17)9-10-23(20)13-21(24)22-19-7-5-15(3)16(4)11-19/h5-12,14H,13H2,1-4H3,(H,22,24). The van der Waals surface area contributed by atoms with Gasteiger partial charge >= 0.3 is 0 Å². The Balaban J connectivity index is 1.76. The predicted octanol–water partition coefficient (Wildman–Crippen LogP) is 5.02. The van der Waals surface area contributed by atoms with Crippen molar-refractivity contribution in [3.8, 4) is 0 Å². The summed E-state index contributed by atoms with van der Waals surface area (Å²) in [4.78, 5) is 12.4. The highest BCUT2D eigenvalue weighted by atomic mass is 16.1. The van der Waals surface area contributed by atoms with Crippen molar-refractivity contribution in [1.29, 1.82) is 0 Å². The van der Waals surface area contributed by atoms with Crippen molar-refractivity contribution in [3.63, 3.8) is 0 Å². The summed E-state index contributed by atoms with van der Waals surface area (Å²) in [6.45, 7) is 8.82. The number of nitrogens with zero attached hydrogens (tertiary/aromatic N) is 1. The summed E-state index contributed by atoms with van der Waals surface area (Å²) in [6, 6.07) is 14.5. The van der Waals surface area contributed by atoms with E-state index in [0.29, 0.717) is 12.5 Å². The van der Waals surface area contributed by atoms with Crippen LogP contribution in [-0.2, 0) is 11.3 Å². The molecule has 0 saturated heterocycles. The lowest BCUT2D eigenvalue weighted by Crippen LogP contribution is -2.18. The average molecular weight is 320 g/mol. The number of aromatic nitrogens is 1. The molecule has 0 saturated carbocycles. The van der Waals surface area contributed by atoms with Crippen LogP contribution in [0.3, 0.4) is 0 Å². The minimum atomic E-state index is -0.0105. The van der Waals surface area contributed by atoms with E-state index < -0.39 is 0 Å². The van der Waals surface area contributed by atoms with E-state index in [1.807, 2.05) is 29.0 Å². The molecule has 0 aliphatic carbocycles. The first-order chi connectivity index (χ1) is 11.4. The summed E-state index contributed by atoms with van der Waals surface area (Å²) in [6.07, 6.45) is 1.98. The van der Waals surface area contributed by atoms with E-state index in [2.05, 4.69) is 57.3 Å². The molecule has 0 spiro atoms. The van der Waals surface area contributed by atoms with E-state index >= 15 is 0 Å². The first kappa shape index (κ1) is 16.3. The zero-order chi connectivity index (χ0) is 17.3. The molecule has 0 fully saturated rings. The maximum Gasteiger partial charge on any atom is 0.244 e. The van der Waals surface area contributed by atoms with Gasteiger partial charge in [-0.3, -0.25) is 4.79 Å². The van der Waals surface area contributed by atoms with E-state index in [4.69, 9.17) is 0 Å². The average Bonchev–Trinajstić information content (AvgIpc) is 2.93. The van der Waals surface area contributed by atoms with Gasteiger partial charge in [-0.1, -0.05) is 26.0 Å². The van der Waals surface area contributed by atoms with Gasteiger partial charge in [0, 0.05) is 17.4 Å². The molecule has 3 aromatic rings. The van der Waals surface area contributed by atoms with Gasteiger partial charge in [0.2, 0.25) is 5.91 Å². The third kappa shape index (κ3) is 3.35. The van der Waals surface area contributed by atoms with Gasteiger partial charge in [-0.2, -0.15) is 0 Å². The highest BCUT2D eigenvalue weighted by molar-refractivity contribution is 5.92.